The minimum atomic E-state index is -5.01. The zero-order valence-electron chi connectivity index (χ0n) is 7.45. The van der Waals surface area contributed by atoms with Crippen molar-refractivity contribution in [3.63, 3.8) is 0 Å². The van der Waals surface area contributed by atoms with E-state index in [-0.39, 0.29) is 6.61 Å². The van der Waals surface area contributed by atoms with E-state index in [1.807, 2.05) is 0 Å². The first kappa shape index (κ1) is 11.4. The molecule has 0 saturated carbocycles. The van der Waals surface area contributed by atoms with Crippen LogP contribution in [0.5, 0.6) is 0 Å². The standard InChI is InChI=1S/C9H7F3O3/c10-9(11,12)15-8(13)14-6-7-4-2-1-3-5-7/h1-5H,6H2. The largest absolute Gasteiger partial charge is 0.577 e. The zero-order valence-corrected chi connectivity index (χ0v) is 7.45. The van der Waals surface area contributed by atoms with Gasteiger partial charge in [-0.3, -0.25) is 0 Å². The molecule has 3 nitrogen and oxygen atoms in total. The minimum absolute atomic E-state index is 0.254. The Hall–Kier alpha value is -1.72. The second-order valence-corrected chi connectivity index (χ2v) is 2.57. The van der Waals surface area contributed by atoms with Gasteiger partial charge in [-0.2, -0.15) is 0 Å². The van der Waals surface area contributed by atoms with Crippen molar-refractivity contribution in [1.29, 1.82) is 0 Å². The van der Waals surface area contributed by atoms with E-state index in [1.54, 1.807) is 30.3 Å². The molecule has 0 atom stereocenters. The molecule has 0 spiro atoms. The lowest BCUT2D eigenvalue weighted by molar-refractivity contribution is -0.299. The van der Waals surface area contributed by atoms with Crippen LogP contribution >= 0.6 is 0 Å². The molecule has 0 N–H and O–H groups in total. The molecule has 0 unspecified atom stereocenters. The third-order valence-corrected chi connectivity index (χ3v) is 1.40. The van der Waals surface area contributed by atoms with E-state index < -0.39 is 12.5 Å². The lowest BCUT2D eigenvalue weighted by atomic mass is 10.2. The number of carbonyl (C=O) groups is 1. The van der Waals surface area contributed by atoms with Crippen LogP contribution in [0.2, 0.25) is 0 Å². The maximum absolute atomic E-state index is 11.5. The Morgan fingerprint density at radius 2 is 1.80 bits per heavy atom. The van der Waals surface area contributed by atoms with Crippen molar-refractivity contribution in [3.05, 3.63) is 35.9 Å². The van der Waals surface area contributed by atoms with Gasteiger partial charge in [-0.25, -0.2) is 4.79 Å². The van der Waals surface area contributed by atoms with Gasteiger partial charge >= 0.3 is 12.5 Å². The summed E-state index contributed by atoms with van der Waals surface area (Å²) in [7, 11) is 0. The summed E-state index contributed by atoms with van der Waals surface area (Å²) in [6, 6.07) is 8.31. The number of rotatable bonds is 2. The van der Waals surface area contributed by atoms with Gasteiger partial charge in [-0.05, 0) is 5.56 Å². The zero-order chi connectivity index (χ0) is 11.3. The minimum Gasteiger partial charge on any atom is -0.429 e. The number of halogens is 3. The smallest absolute Gasteiger partial charge is 0.429 e. The van der Waals surface area contributed by atoms with E-state index >= 15 is 0 Å². The van der Waals surface area contributed by atoms with Gasteiger partial charge in [0.2, 0.25) is 0 Å². The fourth-order valence-electron chi connectivity index (χ4n) is 0.840. The molecule has 1 aromatic carbocycles. The Morgan fingerprint density at radius 3 is 2.33 bits per heavy atom. The van der Waals surface area contributed by atoms with E-state index in [2.05, 4.69) is 9.47 Å². The fraction of sp³-hybridized carbons (Fsp3) is 0.222. The summed E-state index contributed by atoms with van der Waals surface area (Å²) in [4.78, 5) is 10.5. The normalized spacial score (nSPS) is 10.9. The molecular formula is C9H7F3O3. The molecule has 1 rings (SSSR count). The Balaban J connectivity index is 2.35. The molecule has 0 amide bonds. The number of benzene rings is 1. The van der Waals surface area contributed by atoms with Gasteiger partial charge in [0.25, 0.3) is 0 Å². The second-order valence-electron chi connectivity index (χ2n) is 2.57. The van der Waals surface area contributed by atoms with Crippen LogP contribution in [0.4, 0.5) is 18.0 Å². The SMILES string of the molecule is O=C(OCc1ccccc1)OC(F)(F)F. The summed E-state index contributed by atoms with van der Waals surface area (Å²) in [5, 5.41) is 0. The lowest BCUT2D eigenvalue weighted by Gasteiger charge is -2.07. The topological polar surface area (TPSA) is 35.5 Å². The van der Waals surface area contributed by atoms with Crippen LogP contribution in [0.1, 0.15) is 5.56 Å². The van der Waals surface area contributed by atoms with E-state index in [4.69, 9.17) is 0 Å². The molecule has 0 fully saturated rings. The molecule has 82 valence electrons. The molecule has 6 heteroatoms. The summed E-state index contributed by atoms with van der Waals surface area (Å²) in [5.41, 5.74) is 0.580. The Labute approximate surface area is 83.4 Å². The number of carbonyl (C=O) groups excluding carboxylic acids is 1. The van der Waals surface area contributed by atoms with Crippen LogP contribution in [0.25, 0.3) is 0 Å². The van der Waals surface area contributed by atoms with Gasteiger partial charge in [-0.1, -0.05) is 30.3 Å². The molecule has 0 saturated heterocycles. The van der Waals surface area contributed by atoms with E-state index in [0.717, 1.165) is 0 Å². The van der Waals surface area contributed by atoms with Gasteiger partial charge in [0.1, 0.15) is 6.61 Å². The van der Waals surface area contributed by atoms with Crippen LogP contribution in [-0.4, -0.2) is 12.5 Å². The summed E-state index contributed by atoms with van der Waals surface area (Å²) >= 11 is 0. The van der Waals surface area contributed by atoms with Gasteiger partial charge in [0, 0.05) is 0 Å². The Morgan fingerprint density at radius 1 is 1.20 bits per heavy atom. The number of hydrogen-bond acceptors (Lipinski definition) is 3. The monoisotopic (exact) mass is 220 g/mol. The molecule has 0 aliphatic carbocycles. The number of hydrogen-bond donors (Lipinski definition) is 0. The first-order chi connectivity index (χ1) is 6.97. The highest BCUT2D eigenvalue weighted by atomic mass is 19.4. The maximum Gasteiger partial charge on any atom is 0.577 e. The van der Waals surface area contributed by atoms with Crippen LogP contribution in [0, 0.1) is 0 Å². The highest BCUT2D eigenvalue weighted by Crippen LogP contribution is 2.17. The molecule has 1 aromatic rings. The van der Waals surface area contributed by atoms with Gasteiger partial charge < -0.3 is 9.47 Å². The molecular weight excluding hydrogens is 213 g/mol. The Kier molecular flexibility index (Phi) is 3.54. The molecule has 0 bridgehead atoms. The lowest BCUT2D eigenvalue weighted by Crippen LogP contribution is -2.20. The highest BCUT2D eigenvalue weighted by molar-refractivity contribution is 5.60. The van der Waals surface area contributed by atoms with E-state index in [9.17, 15) is 18.0 Å². The number of ether oxygens (including phenoxy) is 2. The average Bonchev–Trinajstić information content (AvgIpc) is 2.14. The quantitative estimate of drug-likeness (QED) is 0.719. The first-order valence-electron chi connectivity index (χ1n) is 3.94. The van der Waals surface area contributed by atoms with Crippen molar-refractivity contribution in [3.8, 4) is 0 Å². The van der Waals surface area contributed by atoms with Gasteiger partial charge in [0.15, 0.2) is 0 Å². The highest BCUT2D eigenvalue weighted by Gasteiger charge is 2.34. The van der Waals surface area contributed by atoms with Crippen molar-refractivity contribution in [2.45, 2.75) is 13.0 Å². The van der Waals surface area contributed by atoms with Crippen molar-refractivity contribution in [2.75, 3.05) is 0 Å². The molecule has 0 aliphatic heterocycles. The predicted octanol–water partition coefficient (Wildman–Crippen LogP) is 2.86. The fourth-order valence-corrected chi connectivity index (χ4v) is 0.840. The maximum atomic E-state index is 11.5. The molecule has 0 aliphatic rings. The average molecular weight is 220 g/mol. The van der Waals surface area contributed by atoms with E-state index in [1.165, 1.54) is 0 Å². The van der Waals surface area contributed by atoms with Crippen LogP contribution in [0.3, 0.4) is 0 Å². The van der Waals surface area contributed by atoms with Crippen LogP contribution < -0.4 is 0 Å². The van der Waals surface area contributed by atoms with Gasteiger partial charge in [-0.15, -0.1) is 13.2 Å². The third kappa shape index (κ3) is 4.90. The van der Waals surface area contributed by atoms with Crippen molar-refractivity contribution < 1.29 is 27.4 Å². The molecule has 0 heterocycles. The first-order valence-corrected chi connectivity index (χ1v) is 3.94. The molecule has 15 heavy (non-hydrogen) atoms. The predicted molar refractivity (Wildman–Crippen MR) is 43.8 cm³/mol. The van der Waals surface area contributed by atoms with Gasteiger partial charge in [0.05, 0.1) is 0 Å². The van der Waals surface area contributed by atoms with Crippen molar-refractivity contribution in [2.24, 2.45) is 0 Å². The Bertz CT molecular complexity index is 321. The summed E-state index contributed by atoms with van der Waals surface area (Å²) in [6.07, 6.45) is -6.76. The summed E-state index contributed by atoms with van der Waals surface area (Å²) in [5.74, 6) is 0. The van der Waals surface area contributed by atoms with E-state index in [0.29, 0.717) is 5.56 Å². The number of alkyl halides is 3. The molecule has 0 aromatic heterocycles. The molecule has 0 radical (unpaired) electrons. The van der Waals surface area contributed by atoms with Crippen molar-refractivity contribution in [1.82, 2.24) is 0 Å². The van der Waals surface area contributed by atoms with Crippen LogP contribution in [0.15, 0.2) is 30.3 Å². The summed E-state index contributed by atoms with van der Waals surface area (Å²) < 4.78 is 41.7. The van der Waals surface area contributed by atoms with Crippen LogP contribution in [-0.2, 0) is 16.1 Å². The second kappa shape index (κ2) is 4.68. The summed E-state index contributed by atoms with van der Waals surface area (Å²) in [6.45, 7) is -0.254. The van der Waals surface area contributed by atoms with Crippen molar-refractivity contribution >= 4 is 6.16 Å². The third-order valence-electron chi connectivity index (χ3n) is 1.40.